The topological polar surface area (TPSA) is 125 Å². The Morgan fingerprint density at radius 3 is 2.18 bits per heavy atom. The van der Waals surface area contributed by atoms with Gasteiger partial charge in [-0.2, -0.15) is 4.57 Å². The second-order valence-electron chi connectivity index (χ2n) is 12.3. The summed E-state index contributed by atoms with van der Waals surface area (Å²) in [5, 5.41) is 33.1. The molecule has 254 valence electrons. The number of aromatic nitrogens is 2. The number of aliphatic carboxylic acids is 1. The summed E-state index contributed by atoms with van der Waals surface area (Å²) in [6.07, 6.45) is -0.733. The average Bonchev–Trinajstić information content (AvgIpc) is 3.42. The van der Waals surface area contributed by atoms with Crippen molar-refractivity contribution in [3.63, 3.8) is 0 Å². The number of aryl methyl sites for hydroxylation is 1. The third-order valence-electron chi connectivity index (χ3n) is 8.24. The van der Waals surface area contributed by atoms with Crippen molar-refractivity contribution in [1.29, 1.82) is 0 Å². The first-order chi connectivity index (χ1) is 23.5. The Morgan fingerprint density at radius 1 is 0.878 bits per heavy atom. The number of halogens is 1. The Hall–Kier alpha value is -5.32. The smallest absolute Gasteiger partial charge is 0.372 e. The number of carbonyl (C=O) groups is 2. The van der Waals surface area contributed by atoms with Gasteiger partial charge >= 0.3 is 11.8 Å². The summed E-state index contributed by atoms with van der Waals surface area (Å²) in [5.41, 5.74) is 4.51. The second-order valence-corrected chi connectivity index (χ2v) is 12.3. The van der Waals surface area contributed by atoms with E-state index in [9.17, 15) is 24.2 Å². The van der Waals surface area contributed by atoms with Crippen molar-refractivity contribution in [3.05, 3.63) is 120 Å². The minimum absolute atomic E-state index is 0.114. The SMILES string of the molecule is CC(C)c1c(C(=O)Nc2ccc(Oc3cccc[n+]3C)cc2)c(-c2ccccc2)c(-c2ccc(F)cc2)n1CC[C@@H](O)C[C@@H](O)CC(=O)O. The number of nitrogens with zero attached hydrogens (tertiary/aromatic N) is 2. The lowest BCUT2D eigenvalue weighted by Gasteiger charge is -2.20. The number of carbonyl (C=O) groups excluding carboxylic acids is 1. The number of ether oxygens (including phenoxy) is 1. The van der Waals surface area contributed by atoms with Crippen LogP contribution in [0.2, 0.25) is 0 Å². The summed E-state index contributed by atoms with van der Waals surface area (Å²) in [6, 6.07) is 28.3. The van der Waals surface area contributed by atoms with Crippen molar-refractivity contribution < 1.29 is 38.6 Å². The highest BCUT2D eigenvalue weighted by Gasteiger charge is 2.31. The molecule has 10 heteroatoms. The number of anilines is 1. The summed E-state index contributed by atoms with van der Waals surface area (Å²) in [7, 11) is 1.89. The molecule has 5 aromatic rings. The zero-order chi connectivity index (χ0) is 35.1. The number of aliphatic hydroxyl groups is 2. The zero-order valence-corrected chi connectivity index (χ0v) is 27.7. The zero-order valence-electron chi connectivity index (χ0n) is 27.7. The molecule has 9 nitrogen and oxygen atoms in total. The Labute approximate surface area is 284 Å². The number of hydrogen-bond acceptors (Lipinski definition) is 5. The molecule has 0 spiro atoms. The van der Waals surface area contributed by atoms with E-state index in [2.05, 4.69) is 5.32 Å². The van der Waals surface area contributed by atoms with Gasteiger partial charge in [-0.1, -0.05) is 44.2 Å². The average molecular weight is 667 g/mol. The molecular formula is C39H41FN3O6+. The summed E-state index contributed by atoms with van der Waals surface area (Å²) >= 11 is 0. The van der Waals surface area contributed by atoms with Gasteiger partial charge in [0.25, 0.3) is 5.91 Å². The van der Waals surface area contributed by atoms with E-state index in [1.807, 2.05) is 84.8 Å². The molecule has 0 radical (unpaired) electrons. The van der Waals surface area contributed by atoms with Gasteiger partial charge < -0.3 is 29.9 Å². The van der Waals surface area contributed by atoms with Gasteiger partial charge in [0.05, 0.1) is 36.0 Å². The number of rotatable bonds is 14. The number of amides is 1. The Morgan fingerprint density at radius 2 is 1.55 bits per heavy atom. The summed E-state index contributed by atoms with van der Waals surface area (Å²) in [5.74, 6) is -0.795. The molecule has 0 aliphatic heterocycles. The largest absolute Gasteiger partial charge is 0.481 e. The lowest BCUT2D eigenvalue weighted by atomic mass is 9.94. The predicted molar refractivity (Wildman–Crippen MR) is 185 cm³/mol. The highest BCUT2D eigenvalue weighted by atomic mass is 19.1. The van der Waals surface area contributed by atoms with E-state index in [0.29, 0.717) is 45.4 Å². The first kappa shape index (κ1) is 35.0. The van der Waals surface area contributed by atoms with E-state index in [1.165, 1.54) is 12.1 Å². The number of pyridine rings is 1. The number of hydrogen-bond donors (Lipinski definition) is 4. The van der Waals surface area contributed by atoms with E-state index < -0.39 is 30.4 Å². The monoisotopic (exact) mass is 666 g/mol. The molecule has 2 aromatic heterocycles. The van der Waals surface area contributed by atoms with Gasteiger partial charge in [0.15, 0.2) is 6.20 Å². The maximum Gasteiger partial charge on any atom is 0.372 e. The lowest BCUT2D eigenvalue weighted by molar-refractivity contribution is -0.675. The fraction of sp³-hybridized carbons (Fsp3) is 0.256. The van der Waals surface area contributed by atoms with Gasteiger partial charge in [0, 0.05) is 29.6 Å². The molecular weight excluding hydrogens is 625 g/mol. The first-order valence-electron chi connectivity index (χ1n) is 16.2. The maximum absolute atomic E-state index is 14.4. The minimum Gasteiger partial charge on any atom is -0.481 e. The number of benzene rings is 3. The van der Waals surface area contributed by atoms with Crippen molar-refractivity contribution in [3.8, 4) is 34.0 Å². The Kier molecular flexibility index (Phi) is 11.2. The van der Waals surface area contributed by atoms with E-state index >= 15 is 0 Å². The van der Waals surface area contributed by atoms with Crippen LogP contribution in [0.4, 0.5) is 10.1 Å². The Bertz CT molecular complexity index is 1890. The molecule has 2 heterocycles. The fourth-order valence-electron chi connectivity index (χ4n) is 6.02. The molecule has 0 bridgehead atoms. The molecule has 0 fully saturated rings. The van der Waals surface area contributed by atoms with Crippen molar-refractivity contribution in [1.82, 2.24) is 4.57 Å². The molecule has 2 atom stereocenters. The third kappa shape index (κ3) is 8.59. The molecule has 4 N–H and O–H groups in total. The van der Waals surface area contributed by atoms with Crippen molar-refractivity contribution in [2.24, 2.45) is 7.05 Å². The molecule has 49 heavy (non-hydrogen) atoms. The number of carboxylic acids is 1. The third-order valence-corrected chi connectivity index (χ3v) is 8.24. The van der Waals surface area contributed by atoms with E-state index in [0.717, 1.165) is 5.56 Å². The molecule has 0 saturated carbocycles. The van der Waals surface area contributed by atoms with Crippen molar-refractivity contribution in [2.75, 3.05) is 5.32 Å². The standard InChI is InChI=1S/C39H40FN3O6/c1-25(2)37-36(39(48)41-29-16-18-32(19-17-29)49-33-11-7-8-21-42(33)3)35(26-9-5-4-6-10-26)38(27-12-14-28(40)15-13-27)43(37)22-20-30(44)23-31(45)24-34(46)47/h4-19,21,25,30-31,44-45H,20,22-24H2,1-3H3,(H-,41,46,47,48)/p+1/t30-,31-/m1/s1. The number of aliphatic hydroxyl groups excluding tert-OH is 2. The fourth-order valence-corrected chi connectivity index (χ4v) is 6.02. The minimum atomic E-state index is -1.20. The first-order valence-corrected chi connectivity index (χ1v) is 16.2. The predicted octanol–water partition coefficient (Wildman–Crippen LogP) is 6.93. The van der Waals surface area contributed by atoms with Crippen LogP contribution in [-0.2, 0) is 18.4 Å². The van der Waals surface area contributed by atoms with Crippen LogP contribution in [0, 0.1) is 5.82 Å². The van der Waals surface area contributed by atoms with Crippen LogP contribution in [0.3, 0.4) is 0 Å². The van der Waals surface area contributed by atoms with Crippen LogP contribution < -0.4 is 14.6 Å². The highest BCUT2D eigenvalue weighted by Crippen LogP contribution is 2.42. The lowest BCUT2D eigenvalue weighted by Crippen LogP contribution is -2.28. The van der Waals surface area contributed by atoms with Gasteiger partial charge in [-0.15, -0.1) is 0 Å². The molecule has 3 aromatic carbocycles. The molecule has 0 unspecified atom stereocenters. The molecule has 0 saturated heterocycles. The highest BCUT2D eigenvalue weighted by molar-refractivity contribution is 6.12. The van der Waals surface area contributed by atoms with Crippen LogP contribution in [0.5, 0.6) is 11.6 Å². The number of nitrogens with one attached hydrogen (secondary N) is 1. The molecule has 5 rings (SSSR count). The van der Waals surface area contributed by atoms with E-state index in [-0.39, 0.29) is 31.2 Å². The summed E-state index contributed by atoms with van der Waals surface area (Å²) in [4.78, 5) is 25.5. The van der Waals surface area contributed by atoms with Gasteiger partial charge in [-0.25, -0.2) is 4.39 Å². The second kappa shape index (κ2) is 15.7. The quantitative estimate of drug-likeness (QED) is 0.0954. The van der Waals surface area contributed by atoms with Crippen molar-refractivity contribution >= 4 is 17.6 Å². The van der Waals surface area contributed by atoms with Gasteiger partial charge in [-0.05, 0) is 84.5 Å². The van der Waals surface area contributed by atoms with Gasteiger partial charge in [-0.3, -0.25) is 9.59 Å². The van der Waals surface area contributed by atoms with Crippen molar-refractivity contribution in [2.45, 2.75) is 57.8 Å². The molecule has 0 aliphatic rings. The normalized spacial score (nSPS) is 12.5. The Balaban J connectivity index is 1.57. The maximum atomic E-state index is 14.4. The van der Waals surface area contributed by atoms with E-state index in [4.69, 9.17) is 9.84 Å². The number of carboxylic acid groups (broad SMARTS) is 1. The van der Waals surface area contributed by atoms with Crippen LogP contribution in [-0.4, -0.2) is 44.0 Å². The van der Waals surface area contributed by atoms with E-state index in [1.54, 1.807) is 36.4 Å². The molecule has 1 amide bonds. The summed E-state index contributed by atoms with van der Waals surface area (Å²) in [6.45, 7) is 4.21. The van der Waals surface area contributed by atoms with Crippen LogP contribution in [0.1, 0.15) is 55.1 Å². The summed E-state index contributed by atoms with van der Waals surface area (Å²) < 4.78 is 24.0. The van der Waals surface area contributed by atoms with Gasteiger partial charge in [0.1, 0.15) is 18.6 Å². The van der Waals surface area contributed by atoms with Crippen LogP contribution in [0.25, 0.3) is 22.4 Å². The van der Waals surface area contributed by atoms with Crippen LogP contribution >= 0.6 is 0 Å². The molecule has 0 aliphatic carbocycles. The van der Waals surface area contributed by atoms with Crippen LogP contribution in [0.15, 0.2) is 103 Å². The van der Waals surface area contributed by atoms with Gasteiger partial charge in [0.2, 0.25) is 0 Å².